The van der Waals surface area contributed by atoms with E-state index in [1.807, 2.05) is 0 Å². The van der Waals surface area contributed by atoms with Gasteiger partial charge in [0.1, 0.15) is 0 Å². The Balaban J connectivity index is 4.20. The Morgan fingerprint density at radius 3 is 2.27 bits per heavy atom. The number of likely N-dealkylation sites (N-methyl/N-ethyl adjacent to an activating group) is 1. The SMILES string of the molecule is CCNC(C(C)CCOC)C(CC)OC. The van der Waals surface area contributed by atoms with Crippen LogP contribution >= 0.6 is 0 Å². The zero-order chi connectivity index (χ0) is 11.7. The lowest BCUT2D eigenvalue weighted by Crippen LogP contribution is -2.45. The number of ether oxygens (including phenoxy) is 2. The van der Waals surface area contributed by atoms with E-state index in [0.717, 1.165) is 26.0 Å². The average molecular weight is 217 g/mol. The van der Waals surface area contributed by atoms with E-state index in [9.17, 15) is 0 Å². The Kier molecular flexibility index (Phi) is 9.06. The Morgan fingerprint density at radius 1 is 1.20 bits per heavy atom. The van der Waals surface area contributed by atoms with Crippen LogP contribution in [0, 0.1) is 5.92 Å². The summed E-state index contributed by atoms with van der Waals surface area (Å²) in [6.45, 7) is 8.37. The van der Waals surface area contributed by atoms with Gasteiger partial charge in [-0.25, -0.2) is 0 Å². The van der Waals surface area contributed by atoms with Crippen molar-refractivity contribution >= 4 is 0 Å². The molecule has 92 valence electrons. The largest absolute Gasteiger partial charge is 0.385 e. The minimum Gasteiger partial charge on any atom is -0.385 e. The molecular formula is C12H27NO2. The number of methoxy groups -OCH3 is 2. The Morgan fingerprint density at radius 2 is 1.87 bits per heavy atom. The first-order valence-corrected chi connectivity index (χ1v) is 5.96. The molecule has 0 aromatic heterocycles. The molecule has 0 bridgehead atoms. The van der Waals surface area contributed by atoms with Crippen LogP contribution in [0.15, 0.2) is 0 Å². The van der Waals surface area contributed by atoms with Gasteiger partial charge in [0, 0.05) is 26.9 Å². The van der Waals surface area contributed by atoms with E-state index in [-0.39, 0.29) is 0 Å². The van der Waals surface area contributed by atoms with Crippen LogP contribution in [-0.2, 0) is 9.47 Å². The van der Waals surface area contributed by atoms with Gasteiger partial charge in [-0.15, -0.1) is 0 Å². The van der Waals surface area contributed by atoms with E-state index in [1.165, 1.54) is 0 Å². The van der Waals surface area contributed by atoms with Crippen LogP contribution < -0.4 is 5.32 Å². The van der Waals surface area contributed by atoms with Gasteiger partial charge in [0.25, 0.3) is 0 Å². The molecule has 0 saturated carbocycles. The van der Waals surface area contributed by atoms with Crippen LogP contribution in [0.4, 0.5) is 0 Å². The van der Waals surface area contributed by atoms with Gasteiger partial charge in [-0.05, 0) is 25.3 Å². The van der Waals surface area contributed by atoms with Crippen LogP contribution in [0.5, 0.6) is 0 Å². The molecule has 0 amide bonds. The first kappa shape index (κ1) is 14.9. The third kappa shape index (κ3) is 5.50. The Hall–Kier alpha value is -0.120. The maximum atomic E-state index is 5.51. The quantitative estimate of drug-likeness (QED) is 0.641. The van der Waals surface area contributed by atoms with E-state index in [1.54, 1.807) is 14.2 Å². The monoisotopic (exact) mass is 217 g/mol. The molecule has 3 nitrogen and oxygen atoms in total. The normalized spacial score (nSPS) is 17.4. The highest BCUT2D eigenvalue weighted by atomic mass is 16.5. The Labute approximate surface area is 94.5 Å². The predicted octanol–water partition coefficient (Wildman–Crippen LogP) is 2.06. The fourth-order valence-electron chi connectivity index (χ4n) is 1.99. The van der Waals surface area contributed by atoms with Gasteiger partial charge in [0.15, 0.2) is 0 Å². The van der Waals surface area contributed by atoms with Crippen molar-refractivity contribution in [2.45, 2.75) is 45.8 Å². The van der Waals surface area contributed by atoms with Crippen molar-refractivity contribution in [3.63, 3.8) is 0 Å². The van der Waals surface area contributed by atoms with Gasteiger partial charge < -0.3 is 14.8 Å². The molecule has 0 fully saturated rings. The summed E-state index contributed by atoms with van der Waals surface area (Å²) in [7, 11) is 3.55. The highest BCUT2D eigenvalue weighted by Gasteiger charge is 2.24. The summed E-state index contributed by atoms with van der Waals surface area (Å²) in [5, 5.41) is 3.51. The molecule has 0 saturated heterocycles. The van der Waals surface area contributed by atoms with Crippen molar-refractivity contribution in [3.8, 4) is 0 Å². The second-order valence-corrected chi connectivity index (χ2v) is 4.02. The van der Waals surface area contributed by atoms with E-state index < -0.39 is 0 Å². The molecule has 3 unspecified atom stereocenters. The highest BCUT2D eigenvalue weighted by molar-refractivity contribution is 4.80. The summed E-state index contributed by atoms with van der Waals surface area (Å²) in [5.74, 6) is 0.579. The summed E-state index contributed by atoms with van der Waals surface area (Å²) in [5.41, 5.74) is 0. The van der Waals surface area contributed by atoms with Crippen LogP contribution in [0.25, 0.3) is 0 Å². The average Bonchev–Trinajstić information content (AvgIpc) is 2.26. The molecule has 0 aliphatic rings. The second kappa shape index (κ2) is 9.13. The van der Waals surface area contributed by atoms with Crippen molar-refractivity contribution < 1.29 is 9.47 Å². The number of rotatable bonds is 9. The Bertz CT molecular complexity index is 138. The number of nitrogens with one attached hydrogen (secondary N) is 1. The molecule has 0 aromatic rings. The van der Waals surface area contributed by atoms with Crippen LogP contribution in [0.2, 0.25) is 0 Å². The van der Waals surface area contributed by atoms with E-state index >= 15 is 0 Å². The zero-order valence-electron chi connectivity index (χ0n) is 10.9. The van der Waals surface area contributed by atoms with Gasteiger partial charge in [-0.3, -0.25) is 0 Å². The predicted molar refractivity (Wildman–Crippen MR) is 64.2 cm³/mol. The fraction of sp³-hybridized carbons (Fsp3) is 1.00. The molecule has 1 N–H and O–H groups in total. The van der Waals surface area contributed by atoms with Crippen LogP contribution in [0.3, 0.4) is 0 Å². The minimum absolute atomic E-state index is 0.303. The van der Waals surface area contributed by atoms with Gasteiger partial charge >= 0.3 is 0 Å². The third-order valence-corrected chi connectivity index (χ3v) is 2.94. The molecular weight excluding hydrogens is 190 g/mol. The second-order valence-electron chi connectivity index (χ2n) is 4.02. The number of hydrogen-bond donors (Lipinski definition) is 1. The van der Waals surface area contributed by atoms with Crippen molar-refractivity contribution in [2.24, 2.45) is 5.92 Å². The summed E-state index contributed by atoms with van der Waals surface area (Å²) < 4.78 is 10.6. The minimum atomic E-state index is 0.303. The van der Waals surface area contributed by atoms with Crippen molar-refractivity contribution in [1.82, 2.24) is 5.32 Å². The summed E-state index contributed by atoms with van der Waals surface area (Å²) in [6, 6.07) is 0.431. The molecule has 0 aliphatic heterocycles. The summed E-state index contributed by atoms with van der Waals surface area (Å²) in [4.78, 5) is 0. The van der Waals surface area contributed by atoms with Crippen molar-refractivity contribution in [1.29, 1.82) is 0 Å². The van der Waals surface area contributed by atoms with Gasteiger partial charge in [-0.1, -0.05) is 20.8 Å². The lowest BCUT2D eigenvalue weighted by atomic mass is 9.92. The summed E-state index contributed by atoms with van der Waals surface area (Å²) in [6.07, 6.45) is 2.43. The maximum absolute atomic E-state index is 5.51. The van der Waals surface area contributed by atoms with E-state index in [0.29, 0.717) is 18.1 Å². The van der Waals surface area contributed by atoms with Crippen molar-refractivity contribution in [2.75, 3.05) is 27.4 Å². The van der Waals surface area contributed by atoms with Crippen LogP contribution in [0.1, 0.15) is 33.6 Å². The third-order valence-electron chi connectivity index (χ3n) is 2.94. The van der Waals surface area contributed by atoms with Gasteiger partial charge in [0.2, 0.25) is 0 Å². The lowest BCUT2D eigenvalue weighted by molar-refractivity contribution is 0.0412. The van der Waals surface area contributed by atoms with Gasteiger partial charge in [0.05, 0.1) is 6.10 Å². The van der Waals surface area contributed by atoms with E-state index in [4.69, 9.17) is 9.47 Å². The molecule has 0 radical (unpaired) electrons. The number of hydrogen-bond acceptors (Lipinski definition) is 3. The molecule has 15 heavy (non-hydrogen) atoms. The first-order valence-electron chi connectivity index (χ1n) is 5.96. The molecule has 0 aliphatic carbocycles. The highest BCUT2D eigenvalue weighted by Crippen LogP contribution is 2.16. The molecule has 0 heterocycles. The van der Waals surface area contributed by atoms with Gasteiger partial charge in [-0.2, -0.15) is 0 Å². The fourth-order valence-corrected chi connectivity index (χ4v) is 1.99. The molecule has 3 atom stereocenters. The molecule has 0 aromatic carbocycles. The topological polar surface area (TPSA) is 30.5 Å². The standard InChI is InChI=1S/C12H27NO2/c1-6-11(15-5)12(13-7-2)10(3)8-9-14-4/h10-13H,6-9H2,1-5H3. The first-order chi connectivity index (χ1) is 7.21. The van der Waals surface area contributed by atoms with E-state index in [2.05, 4.69) is 26.1 Å². The smallest absolute Gasteiger partial charge is 0.0724 e. The van der Waals surface area contributed by atoms with Crippen LogP contribution in [-0.4, -0.2) is 39.5 Å². The maximum Gasteiger partial charge on any atom is 0.0724 e. The lowest BCUT2D eigenvalue weighted by Gasteiger charge is -2.31. The molecule has 0 rings (SSSR count). The molecule has 3 heteroatoms. The van der Waals surface area contributed by atoms with Crippen molar-refractivity contribution in [3.05, 3.63) is 0 Å². The molecule has 0 spiro atoms. The zero-order valence-corrected chi connectivity index (χ0v) is 10.9. The summed E-state index contributed by atoms with van der Waals surface area (Å²) >= 11 is 0.